The molecule has 1 amide bonds. The van der Waals surface area contributed by atoms with E-state index in [1.54, 1.807) is 27.4 Å². The van der Waals surface area contributed by atoms with Crippen LogP contribution in [0.4, 0.5) is 4.39 Å². The summed E-state index contributed by atoms with van der Waals surface area (Å²) in [7, 11) is 0. The first-order chi connectivity index (χ1) is 16.5. The molecule has 1 N–H and O–H groups in total. The molecule has 4 heterocycles. The molecule has 0 unspecified atom stereocenters. The summed E-state index contributed by atoms with van der Waals surface area (Å²) in [5, 5.41) is 12.7. The number of fused-ring (bicyclic) bond motifs is 4. The van der Waals surface area contributed by atoms with Gasteiger partial charge in [0.1, 0.15) is 18.0 Å². The van der Waals surface area contributed by atoms with Gasteiger partial charge in [0.2, 0.25) is 5.43 Å². The molecular weight excluding hydrogens is 453 g/mol. The van der Waals surface area contributed by atoms with Crippen molar-refractivity contribution in [3.05, 3.63) is 93.2 Å². The SMILES string of the molecule is C[C@@H]1CCN2C(=O)c3c(O)c(=O)ccn3N([C@@H]3c4ccccc4SCc4cccc(F)c43)[C@@H]2C1. The highest BCUT2D eigenvalue weighted by Gasteiger charge is 2.46. The van der Waals surface area contributed by atoms with E-state index in [2.05, 4.69) is 6.92 Å². The van der Waals surface area contributed by atoms with Crippen LogP contribution in [-0.4, -0.2) is 33.3 Å². The number of piperidine rings is 1. The average molecular weight is 478 g/mol. The highest BCUT2D eigenvalue weighted by atomic mass is 32.2. The quantitative estimate of drug-likeness (QED) is 0.568. The predicted molar refractivity (Wildman–Crippen MR) is 128 cm³/mol. The number of rotatable bonds is 1. The lowest BCUT2D eigenvalue weighted by molar-refractivity contribution is 0.0392. The monoisotopic (exact) mass is 477 g/mol. The molecule has 6 rings (SSSR count). The van der Waals surface area contributed by atoms with Gasteiger partial charge in [-0.1, -0.05) is 37.3 Å². The van der Waals surface area contributed by atoms with E-state index in [-0.39, 0.29) is 23.6 Å². The van der Waals surface area contributed by atoms with Crippen molar-refractivity contribution in [2.45, 2.75) is 42.6 Å². The Balaban J connectivity index is 1.68. The van der Waals surface area contributed by atoms with Crippen molar-refractivity contribution in [2.75, 3.05) is 11.6 Å². The molecule has 3 atom stereocenters. The third-order valence-corrected chi connectivity index (χ3v) is 8.32. The molecule has 174 valence electrons. The largest absolute Gasteiger partial charge is 0.502 e. The van der Waals surface area contributed by atoms with Crippen LogP contribution >= 0.6 is 11.8 Å². The molecule has 0 saturated carbocycles. The summed E-state index contributed by atoms with van der Waals surface area (Å²) in [5.74, 6) is -0.256. The van der Waals surface area contributed by atoms with E-state index < -0.39 is 17.2 Å². The molecule has 1 fully saturated rings. The summed E-state index contributed by atoms with van der Waals surface area (Å²) in [4.78, 5) is 28.6. The van der Waals surface area contributed by atoms with E-state index in [0.29, 0.717) is 30.2 Å². The summed E-state index contributed by atoms with van der Waals surface area (Å²) < 4.78 is 17.2. The first-order valence-corrected chi connectivity index (χ1v) is 12.5. The topological polar surface area (TPSA) is 65.8 Å². The molecule has 0 aliphatic carbocycles. The Morgan fingerprint density at radius 2 is 1.91 bits per heavy atom. The smallest absolute Gasteiger partial charge is 0.278 e. The number of carbonyl (C=O) groups is 1. The number of hydrogen-bond donors (Lipinski definition) is 1. The van der Waals surface area contributed by atoms with Crippen LogP contribution < -0.4 is 10.4 Å². The zero-order chi connectivity index (χ0) is 23.6. The Morgan fingerprint density at radius 3 is 2.76 bits per heavy atom. The maximum Gasteiger partial charge on any atom is 0.278 e. The number of thioether (sulfide) groups is 1. The highest BCUT2D eigenvalue weighted by Crippen LogP contribution is 2.46. The number of amides is 1. The van der Waals surface area contributed by atoms with Crippen molar-refractivity contribution >= 4 is 17.7 Å². The molecule has 0 spiro atoms. The first kappa shape index (κ1) is 21.3. The van der Waals surface area contributed by atoms with Gasteiger partial charge in [0, 0.05) is 35.0 Å². The summed E-state index contributed by atoms with van der Waals surface area (Å²) in [5.41, 5.74) is 1.73. The summed E-state index contributed by atoms with van der Waals surface area (Å²) in [6.45, 7) is 2.67. The third kappa shape index (κ3) is 3.08. The Kier molecular flexibility index (Phi) is 4.95. The van der Waals surface area contributed by atoms with E-state index >= 15 is 4.39 Å². The third-order valence-electron chi connectivity index (χ3n) is 7.19. The lowest BCUT2D eigenvalue weighted by Crippen LogP contribution is -2.64. The Bertz CT molecular complexity index is 1370. The second kappa shape index (κ2) is 7.91. The van der Waals surface area contributed by atoms with Crippen LogP contribution in [0.15, 0.2) is 64.4 Å². The molecule has 1 saturated heterocycles. The number of aromatic nitrogens is 1. The number of halogens is 1. The number of nitrogens with zero attached hydrogens (tertiary/aromatic N) is 3. The Hall–Kier alpha value is -3.26. The lowest BCUT2D eigenvalue weighted by Gasteiger charge is -2.52. The molecule has 0 bridgehead atoms. The van der Waals surface area contributed by atoms with Gasteiger partial charge in [0.15, 0.2) is 11.4 Å². The van der Waals surface area contributed by atoms with Crippen LogP contribution in [-0.2, 0) is 5.75 Å². The zero-order valence-electron chi connectivity index (χ0n) is 18.6. The van der Waals surface area contributed by atoms with Crippen molar-refractivity contribution in [1.82, 2.24) is 9.58 Å². The Labute approximate surface area is 200 Å². The predicted octanol–water partition coefficient (Wildman–Crippen LogP) is 4.24. The summed E-state index contributed by atoms with van der Waals surface area (Å²) in [6, 6.07) is 13.8. The van der Waals surface area contributed by atoms with Crippen LogP contribution in [0.5, 0.6) is 5.75 Å². The van der Waals surface area contributed by atoms with Gasteiger partial charge in [-0.2, -0.15) is 0 Å². The number of hydrogen-bond acceptors (Lipinski definition) is 5. The molecule has 3 aromatic rings. The van der Waals surface area contributed by atoms with Crippen molar-refractivity contribution in [3.63, 3.8) is 0 Å². The van der Waals surface area contributed by atoms with Crippen LogP contribution in [0.3, 0.4) is 0 Å². The van der Waals surface area contributed by atoms with Crippen LogP contribution in [0.25, 0.3) is 0 Å². The zero-order valence-corrected chi connectivity index (χ0v) is 19.5. The first-order valence-electron chi connectivity index (χ1n) is 11.5. The maximum atomic E-state index is 15.6. The number of pyridine rings is 1. The molecule has 3 aliphatic heterocycles. The lowest BCUT2D eigenvalue weighted by atomic mass is 9.90. The number of benzene rings is 2. The van der Waals surface area contributed by atoms with E-state index in [1.807, 2.05) is 35.3 Å². The second-order valence-corrected chi connectivity index (χ2v) is 10.3. The van der Waals surface area contributed by atoms with E-state index in [9.17, 15) is 14.7 Å². The minimum Gasteiger partial charge on any atom is -0.502 e. The molecule has 0 radical (unpaired) electrons. The molecule has 34 heavy (non-hydrogen) atoms. The van der Waals surface area contributed by atoms with Crippen molar-refractivity contribution in [2.24, 2.45) is 5.92 Å². The highest BCUT2D eigenvalue weighted by molar-refractivity contribution is 7.98. The molecule has 2 aromatic carbocycles. The fourth-order valence-corrected chi connectivity index (χ4v) is 6.61. The summed E-state index contributed by atoms with van der Waals surface area (Å²) >= 11 is 1.66. The van der Waals surface area contributed by atoms with Gasteiger partial charge in [-0.25, -0.2) is 4.39 Å². The van der Waals surface area contributed by atoms with Crippen LogP contribution in [0.2, 0.25) is 0 Å². The molecule has 1 aromatic heterocycles. The molecule has 6 nitrogen and oxygen atoms in total. The minimum absolute atomic E-state index is 0.0643. The van der Waals surface area contributed by atoms with E-state index in [0.717, 1.165) is 22.4 Å². The van der Waals surface area contributed by atoms with Crippen LogP contribution in [0.1, 0.15) is 53.0 Å². The second-order valence-electron chi connectivity index (χ2n) is 9.25. The molecular formula is C26H24FN3O3S. The van der Waals surface area contributed by atoms with Crippen molar-refractivity contribution < 1.29 is 14.3 Å². The van der Waals surface area contributed by atoms with Gasteiger partial charge in [-0.3, -0.25) is 19.3 Å². The van der Waals surface area contributed by atoms with E-state index in [1.165, 1.54) is 18.3 Å². The number of carbonyl (C=O) groups excluding carboxylic acids is 1. The molecule has 8 heteroatoms. The van der Waals surface area contributed by atoms with Gasteiger partial charge in [-0.15, -0.1) is 11.8 Å². The fourth-order valence-electron chi connectivity index (χ4n) is 5.52. The van der Waals surface area contributed by atoms with Gasteiger partial charge in [-0.05, 0) is 42.0 Å². The van der Waals surface area contributed by atoms with E-state index in [4.69, 9.17) is 0 Å². The Morgan fingerprint density at radius 1 is 1.09 bits per heavy atom. The standard InChI is InChI=1S/C26H24FN3O3S/c1-15-9-11-28-21(13-15)30(29-12-10-19(31)25(32)24(29)26(28)33)23-17-6-2-3-8-20(17)34-14-16-5-4-7-18(27)22(16)23/h2-8,10,12,15,21,23,32H,9,11,13-14H2,1H3/t15-,21-,23-/m1/s1. The maximum absolute atomic E-state index is 15.6. The van der Waals surface area contributed by atoms with Crippen LogP contribution in [0, 0.1) is 11.7 Å². The van der Waals surface area contributed by atoms with Gasteiger partial charge in [0.25, 0.3) is 5.91 Å². The normalized spacial score (nSPS) is 23.5. The van der Waals surface area contributed by atoms with Gasteiger partial charge in [0.05, 0.1) is 0 Å². The van der Waals surface area contributed by atoms with Gasteiger partial charge < -0.3 is 10.0 Å². The van der Waals surface area contributed by atoms with Crippen molar-refractivity contribution in [3.8, 4) is 5.75 Å². The average Bonchev–Trinajstić information content (AvgIpc) is 2.99. The summed E-state index contributed by atoms with van der Waals surface area (Å²) in [6.07, 6.45) is 2.72. The molecule has 3 aliphatic rings. The number of aromatic hydroxyl groups is 1. The minimum atomic E-state index is -0.605. The van der Waals surface area contributed by atoms with Crippen molar-refractivity contribution in [1.29, 1.82) is 0 Å². The van der Waals surface area contributed by atoms with Gasteiger partial charge >= 0.3 is 0 Å². The fraction of sp³-hybridized carbons (Fsp3) is 0.308.